The lowest BCUT2D eigenvalue weighted by Gasteiger charge is -2.36. The molecule has 0 unspecified atom stereocenters. The number of rotatable bonds is 8. The van der Waals surface area contributed by atoms with Gasteiger partial charge in [-0.2, -0.15) is 4.31 Å². The second-order valence-electron chi connectivity index (χ2n) is 7.00. The van der Waals surface area contributed by atoms with E-state index < -0.39 is 25.0 Å². The first-order valence-corrected chi connectivity index (χ1v) is 12.7. The Kier molecular flexibility index (Phi) is 7.25. The van der Waals surface area contributed by atoms with Gasteiger partial charge < -0.3 is 4.90 Å². The zero-order valence-corrected chi connectivity index (χ0v) is 18.7. The van der Waals surface area contributed by atoms with E-state index in [0.717, 1.165) is 12.3 Å². The van der Waals surface area contributed by atoms with Crippen LogP contribution in [0.1, 0.15) is 26.7 Å². The molecule has 1 saturated heterocycles. The van der Waals surface area contributed by atoms with Crippen molar-refractivity contribution in [3.05, 3.63) is 28.3 Å². The third kappa shape index (κ3) is 5.05. The Balaban J connectivity index is 2.33. The van der Waals surface area contributed by atoms with Gasteiger partial charge in [0.1, 0.15) is 5.69 Å². The van der Waals surface area contributed by atoms with Crippen LogP contribution in [0.4, 0.5) is 11.4 Å². The third-order valence-electron chi connectivity index (χ3n) is 5.31. The van der Waals surface area contributed by atoms with Crippen molar-refractivity contribution in [1.82, 2.24) is 8.61 Å². The van der Waals surface area contributed by atoms with Crippen molar-refractivity contribution >= 4 is 31.4 Å². The van der Waals surface area contributed by atoms with Gasteiger partial charge in [-0.05, 0) is 25.0 Å². The zero-order chi connectivity index (χ0) is 22.0. The van der Waals surface area contributed by atoms with Crippen LogP contribution in [-0.4, -0.2) is 75.9 Å². The van der Waals surface area contributed by atoms with E-state index in [0.29, 0.717) is 31.6 Å². The highest BCUT2D eigenvalue weighted by Crippen LogP contribution is 2.34. The average molecular weight is 449 g/mol. The summed E-state index contributed by atoms with van der Waals surface area (Å²) in [6, 6.07) is 3.86. The van der Waals surface area contributed by atoms with Crippen molar-refractivity contribution < 1.29 is 21.8 Å². The van der Waals surface area contributed by atoms with Crippen LogP contribution in [0.5, 0.6) is 0 Å². The number of hydrogen-bond acceptors (Lipinski definition) is 7. The predicted octanol–water partition coefficient (Wildman–Crippen LogP) is 1.49. The third-order valence-corrected chi connectivity index (χ3v) is 8.66. The minimum atomic E-state index is -3.81. The van der Waals surface area contributed by atoms with Gasteiger partial charge in [-0.15, -0.1) is 0 Å². The summed E-state index contributed by atoms with van der Waals surface area (Å²) in [5.74, 6) is 0. The summed E-state index contributed by atoms with van der Waals surface area (Å²) in [4.78, 5) is 12.7. The Morgan fingerprint density at radius 3 is 2.14 bits per heavy atom. The SMILES string of the molecule is CCN(CC)S(=O)(=O)c1ccc(N(C)C2CCN(S(C)(=O)=O)CC2)c([N+](=O)[O-])c1. The lowest BCUT2D eigenvalue weighted by Crippen LogP contribution is -2.45. The lowest BCUT2D eigenvalue weighted by atomic mass is 10.0. The number of nitro benzene ring substituents is 1. The van der Waals surface area contributed by atoms with Gasteiger partial charge in [0.05, 0.1) is 16.1 Å². The fourth-order valence-electron chi connectivity index (χ4n) is 3.58. The summed E-state index contributed by atoms with van der Waals surface area (Å²) in [6.07, 6.45) is 2.22. The summed E-state index contributed by atoms with van der Waals surface area (Å²) >= 11 is 0. The molecule has 1 aliphatic heterocycles. The fourth-order valence-corrected chi connectivity index (χ4v) is 5.93. The topological polar surface area (TPSA) is 121 Å². The van der Waals surface area contributed by atoms with Gasteiger partial charge in [-0.3, -0.25) is 10.1 Å². The monoisotopic (exact) mass is 448 g/mol. The number of piperidine rings is 1. The number of benzene rings is 1. The first kappa shape index (κ1) is 23.5. The molecular weight excluding hydrogens is 420 g/mol. The highest BCUT2D eigenvalue weighted by molar-refractivity contribution is 7.89. The van der Waals surface area contributed by atoms with Gasteiger partial charge in [0.2, 0.25) is 20.0 Å². The number of sulfonamides is 2. The fraction of sp³-hybridized carbons (Fsp3) is 0.647. The molecule has 0 atom stereocenters. The van der Waals surface area contributed by atoms with Crippen LogP contribution >= 0.6 is 0 Å². The van der Waals surface area contributed by atoms with E-state index in [1.165, 1.54) is 20.7 Å². The number of hydrogen-bond donors (Lipinski definition) is 0. The maximum absolute atomic E-state index is 12.7. The molecule has 0 aromatic heterocycles. The van der Waals surface area contributed by atoms with Crippen LogP contribution in [0.25, 0.3) is 0 Å². The summed E-state index contributed by atoms with van der Waals surface area (Å²) in [6.45, 7) is 4.65. The maximum atomic E-state index is 12.7. The minimum Gasteiger partial charge on any atom is -0.366 e. The normalized spacial score (nSPS) is 16.9. The molecule has 1 heterocycles. The molecule has 0 amide bonds. The van der Waals surface area contributed by atoms with Crippen LogP contribution in [0.3, 0.4) is 0 Å². The first-order valence-electron chi connectivity index (χ1n) is 9.40. The molecule has 1 aliphatic rings. The van der Waals surface area contributed by atoms with E-state index in [1.807, 2.05) is 0 Å². The molecule has 12 heteroatoms. The molecule has 0 saturated carbocycles. The summed E-state index contributed by atoms with van der Waals surface area (Å²) in [7, 11) is -5.36. The van der Waals surface area contributed by atoms with Gasteiger partial charge in [-0.1, -0.05) is 13.8 Å². The molecule has 0 bridgehead atoms. The van der Waals surface area contributed by atoms with Crippen molar-refractivity contribution in [3.8, 4) is 0 Å². The molecule has 0 radical (unpaired) electrons. The molecule has 0 N–H and O–H groups in total. The Bertz CT molecular complexity index is 952. The largest absolute Gasteiger partial charge is 0.366 e. The van der Waals surface area contributed by atoms with E-state index >= 15 is 0 Å². The first-order chi connectivity index (χ1) is 13.4. The Labute approximate surface area is 172 Å². The summed E-state index contributed by atoms with van der Waals surface area (Å²) in [5, 5.41) is 11.7. The second kappa shape index (κ2) is 8.94. The standard InChI is InChI=1S/C17H28N4O6S2/c1-5-19(6-2)29(26,27)15-7-8-16(17(13-15)21(22)23)18(3)14-9-11-20(12-10-14)28(4,24)25/h7-8,13-14H,5-6,9-12H2,1-4H3. The van der Waals surface area contributed by atoms with Crippen LogP contribution in [-0.2, 0) is 20.0 Å². The van der Waals surface area contributed by atoms with Crippen LogP contribution in [0.15, 0.2) is 23.1 Å². The highest BCUT2D eigenvalue weighted by atomic mass is 32.2. The molecule has 29 heavy (non-hydrogen) atoms. The predicted molar refractivity (Wildman–Crippen MR) is 111 cm³/mol. The van der Waals surface area contributed by atoms with Crippen molar-refractivity contribution in [2.24, 2.45) is 0 Å². The second-order valence-corrected chi connectivity index (χ2v) is 10.9. The minimum absolute atomic E-state index is 0.0862. The highest BCUT2D eigenvalue weighted by Gasteiger charge is 2.31. The van der Waals surface area contributed by atoms with E-state index in [9.17, 15) is 26.9 Å². The molecule has 10 nitrogen and oxygen atoms in total. The Morgan fingerprint density at radius 2 is 1.69 bits per heavy atom. The Morgan fingerprint density at radius 1 is 1.14 bits per heavy atom. The molecular formula is C17H28N4O6S2. The van der Waals surface area contributed by atoms with Crippen LogP contribution in [0, 0.1) is 10.1 Å². The molecule has 1 aromatic carbocycles. The number of nitro groups is 1. The quantitative estimate of drug-likeness (QED) is 0.436. The van der Waals surface area contributed by atoms with Crippen LogP contribution in [0.2, 0.25) is 0 Å². The van der Waals surface area contributed by atoms with Gasteiger partial charge in [-0.25, -0.2) is 21.1 Å². The van der Waals surface area contributed by atoms with Gasteiger partial charge in [0.25, 0.3) is 5.69 Å². The average Bonchev–Trinajstić information content (AvgIpc) is 2.67. The molecule has 2 rings (SSSR count). The molecule has 164 valence electrons. The number of nitrogens with zero attached hydrogens (tertiary/aromatic N) is 4. The molecule has 1 aromatic rings. The van der Waals surface area contributed by atoms with E-state index in [1.54, 1.807) is 25.8 Å². The molecule has 1 fully saturated rings. The lowest BCUT2D eigenvalue weighted by molar-refractivity contribution is -0.384. The van der Waals surface area contributed by atoms with Crippen molar-refractivity contribution in [3.63, 3.8) is 0 Å². The summed E-state index contributed by atoms with van der Waals surface area (Å²) in [5.41, 5.74) is 0.0255. The van der Waals surface area contributed by atoms with E-state index in [2.05, 4.69) is 0 Å². The van der Waals surface area contributed by atoms with Crippen molar-refractivity contribution in [1.29, 1.82) is 0 Å². The van der Waals surface area contributed by atoms with E-state index in [4.69, 9.17) is 0 Å². The van der Waals surface area contributed by atoms with E-state index in [-0.39, 0.29) is 29.7 Å². The Hall–Kier alpha value is -1.76. The van der Waals surface area contributed by atoms with Crippen LogP contribution < -0.4 is 4.90 Å². The number of anilines is 1. The maximum Gasteiger partial charge on any atom is 0.293 e. The molecule has 0 aliphatic carbocycles. The smallest absolute Gasteiger partial charge is 0.293 e. The van der Waals surface area contributed by atoms with Gasteiger partial charge in [0, 0.05) is 45.3 Å². The van der Waals surface area contributed by atoms with Gasteiger partial charge >= 0.3 is 0 Å². The summed E-state index contributed by atoms with van der Waals surface area (Å²) < 4.78 is 51.4. The van der Waals surface area contributed by atoms with Gasteiger partial charge in [0.15, 0.2) is 0 Å². The van der Waals surface area contributed by atoms with Crippen molar-refractivity contribution in [2.45, 2.75) is 37.6 Å². The molecule has 0 spiro atoms. The zero-order valence-electron chi connectivity index (χ0n) is 17.1. The van der Waals surface area contributed by atoms with Crippen molar-refractivity contribution in [2.75, 3.05) is 44.4 Å².